The fraction of sp³-hybridized carbons (Fsp3) is 0.222. The summed E-state index contributed by atoms with van der Waals surface area (Å²) in [5, 5.41) is 7.06. The standard InChI is InChI=1S/C5H6N2.C4H5N3/c1-5-4-6-2-3-7-5;1-4-2-6-7-3-5-4/h2-4H,1H3;2-3H,1H3. The molecule has 0 fully saturated rings. The predicted molar refractivity (Wildman–Crippen MR) is 51.3 cm³/mol. The zero-order valence-corrected chi connectivity index (χ0v) is 8.12. The van der Waals surface area contributed by atoms with Crippen LogP contribution in [0.4, 0.5) is 0 Å². The molecule has 0 aliphatic carbocycles. The van der Waals surface area contributed by atoms with Gasteiger partial charge in [-0.1, -0.05) is 0 Å². The molecule has 0 aliphatic heterocycles. The summed E-state index contributed by atoms with van der Waals surface area (Å²) in [7, 11) is 0. The smallest absolute Gasteiger partial charge is 0.138 e. The molecule has 2 aromatic rings. The molecule has 0 bridgehead atoms. The van der Waals surface area contributed by atoms with Crippen molar-refractivity contribution in [2.75, 3.05) is 0 Å². The summed E-state index contributed by atoms with van der Waals surface area (Å²) < 4.78 is 0. The van der Waals surface area contributed by atoms with Crippen molar-refractivity contribution in [2.45, 2.75) is 13.8 Å². The Hall–Kier alpha value is -1.91. The lowest BCUT2D eigenvalue weighted by Crippen LogP contribution is -1.83. The zero-order valence-electron chi connectivity index (χ0n) is 8.12. The van der Waals surface area contributed by atoms with Crippen LogP contribution in [0.25, 0.3) is 0 Å². The van der Waals surface area contributed by atoms with Crippen LogP contribution >= 0.6 is 0 Å². The van der Waals surface area contributed by atoms with Crippen molar-refractivity contribution in [1.29, 1.82) is 0 Å². The van der Waals surface area contributed by atoms with Gasteiger partial charge in [0.1, 0.15) is 6.33 Å². The lowest BCUT2D eigenvalue weighted by Gasteiger charge is -1.81. The van der Waals surface area contributed by atoms with Crippen molar-refractivity contribution in [2.24, 2.45) is 0 Å². The molecule has 2 heterocycles. The van der Waals surface area contributed by atoms with Crippen molar-refractivity contribution in [3.8, 4) is 0 Å². The van der Waals surface area contributed by atoms with Gasteiger partial charge in [0.05, 0.1) is 17.6 Å². The fourth-order valence-electron chi connectivity index (χ4n) is 0.671. The predicted octanol–water partition coefficient (Wildman–Crippen LogP) is 0.965. The van der Waals surface area contributed by atoms with Crippen molar-refractivity contribution < 1.29 is 0 Å². The summed E-state index contributed by atoms with van der Waals surface area (Å²) >= 11 is 0. The van der Waals surface area contributed by atoms with Crippen molar-refractivity contribution in [3.05, 3.63) is 42.5 Å². The van der Waals surface area contributed by atoms with Gasteiger partial charge in [0.2, 0.25) is 0 Å². The van der Waals surface area contributed by atoms with Crippen molar-refractivity contribution in [3.63, 3.8) is 0 Å². The largest absolute Gasteiger partial charge is 0.261 e. The molecule has 0 unspecified atom stereocenters. The summed E-state index contributed by atoms with van der Waals surface area (Å²) in [5.74, 6) is 0. The maximum atomic E-state index is 3.92. The number of nitrogens with zero attached hydrogens (tertiary/aromatic N) is 5. The first kappa shape index (κ1) is 10.2. The van der Waals surface area contributed by atoms with E-state index in [0.717, 1.165) is 11.4 Å². The van der Waals surface area contributed by atoms with Gasteiger partial charge in [-0.15, -0.1) is 5.10 Å². The minimum atomic E-state index is 0.898. The Morgan fingerprint density at radius 3 is 1.93 bits per heavy atom. The molecule has 0 radical (unpaired) electrons. The van der Waals surface area contributed by atoms with E-state index in [2.05, 4.69) is 25.1 Å². The van der Waals surface area contributed by atoms with Gasteiger partial charge >= 0.3 is 0 Å². The second kappa shape index (κ2) is 5.69. The van der Waals surface area contributed by atoms with Gasteiger partial charge in [0.25, 0.3) is 0 Å². The molecule has 14 heavy (non-hydrogen) atoms. The molecule has 0 saturated carbocycles. The van der Waals surface area contributed by atoms with Crippen molar-refractivity contribution >= 4 is 0 Å². The third-order valence-corrected chi connectivity index (χ3v) is 1.32. The molecule has 0 amide bonds. The second-order valence-corrected chi connectivity index (χ2v) is 2.59. The number of hydrogen-bond acceptors (Lipinski definition) is 5. The first-order valence-electron chi connectivity index (χ1n) is 4.11. The van der Waals surface area contributed by atoms with Gasteiger partial charge in [-0.2, -0.15) is 5.10 Å². The first-order chi connectivity index (χ1) is 6.79. The molecular weight excluding hydrogens is 178 g/mol. The Balaban J connectivity index is 0.000000140. The van der Waals surface area contributed by atoms with E-state index in [1.54, 1.807) is 24.8 Å². The van der Waals surface area contributed by atoms with Crippen LogP contribution in [0.5, 0.6) is 0 Å². The SMILES string of the molecule is Cc1cnccn1.Cc1cnncn1. The molecule has 5 heteroatoms. The summed E-state index contributed by atoms with van der Waals surface area (Å²) in [6.07, 6.45) is 8.09. The summed E-state index contributed by atoms with van der Waals surface area (Å²) in [6.45, 7) is 3.78. The highest BCUT2D eigenvalue weighted by Crippen LogP contribution is 1.81. The van der Waals surface area contributed by atoms with Crippen LogP contribution in [0.15, 0.2) is 31.1 Å². The third kappa shape index (κ3) is 4.20. The topological polar surface area (TPSA) is 64.5 Å². The van der Waals surface area contributed by atoms with Gasteiger partial charge in [-0.05, 0) is 13.8 Å². The highest BCUT2D eigenvalue weighted by atomic mass is 15.1. The van der Waals surface area contributed by atoms with Gasteiger partial charge in [0.15, 0.2) is 0 Å². The first-order valence-corrected chi connectivity index (χ1v) is 4.11. The highest BCUT2D eigenvalue weighted by Gasteiger charge is 1.76. The second-order valence-electron chi connectivity index (χ2n) is 2.59. The van der Waals surface area contributed by atoms with Gasteiger partial charge in [0, 0.05) is 18.6 Å². The third-order valence-electron chi connectivity index (χ3n) is 1.32. The Morgan fingerprint density at radius 1 is 0.857 bits per heavy atom. The maximum Gasteiger partial charge on any atom is 0.138 e. The molecule has 5 nitrogen and oxygen atoms in total. The lowest BCUT2D eigenvalue weighted by molar-refractivity contribution is 0.939. The molecule has 0 saturated heterocycles. The van der Waals surface area contributed by atoms with Crippen LogP contribution in [-0.2, 0) is 0 Å². The fourth-order valence-corrected chi connectivity index (χ4v) is 0.671. The van der Waals surface area contributed by atoms with E-state index in [0.29, 0.717) is 0 Å². The summed E-state index contributed by atoms with van der Waals surface area (Å²) in [5.41, 5.74) is 1.86. The van der Waals surface area contributed by atoms with Crippen LogP contribution in [0, 0.1) is 13.8 Å². The maximum absolute atomic E-state index is 3.92. The van der Waals surface area contributed by atoms with Crippen LogP contribution in [-0.4, -0.2) is 25.1 Å². The number of aromatic nitrogens is 5. The Labute approximate surface area is 82.3 Å². The molecule has 0 aliphatic rings. The minimum absolute atomic E-state index is 0.898. The normalized spacial score (nSPS) is 8.71. The lowest BCUT2D eigenvalue weighted by atomic mass is 10.5. The molecule has 2 aromatic heterocycles. The Bertz CT molecular complexity index is 311. The number of rotatable bonds is 0. The number of aryl methyl sites for hydroxylation is 2. The average molecular weight is 189 g/mol. The monoisotopic (exact) mass is 189 g/mol. The van der Waals surface area contributed by atoms with E-state index < -0.39 is 0 Å². The quantitative estimate of drug-likeness (QED) is 0.617. The molecular formula is C9H11N5. The molecule has 2 rings (SSSR count). The van der Waals surface area contributed by atoms with Crippen LogP contribution in [0.2, 0.25) is 0 Å². The molecule has 72 valence electrons. The summed E-state index contributed by atoms with van der Waals surface area (Å²) in [6, 6.07) is 0. The van der Waals surface area contributed by atoms with E-state index in [9.17, 15) is 0 Å². The number of hydrogen-bond donors (Lipinski definition) is 0. The van der Waals surface area contributed by atoms with E-state index >= 15 is 0 Å². The van der Waals surface area contributed by atoms with E-state index in [-0.39, 0.29) is 0 Å². The van der Waals surface area contributed by atoms with E-state index in [1.807, 2.05) is 13.8 Å². The molecule has 0 N–H and O–H groups in total. The van der Waals surface area contributed by atoms with Crippen molar-refractivity contribution in [1.82, 2.24) is 25.1 Å². The van der Waals surface area contributed by atoms with Crippen LogP contribution in [0.3, 0.4) is 0 Å². The molecule has 0 atom stereocenters. The molecule has 0 spiro atoms. The van der Waals surface area contributed by atoms with E-state index in [1.165, 1.54) is 6.33 Å². The Kier molecular flexibility index (Phi) is 4.13. The van der Waals surface area contributed by atoms with Gasteiger partial charge < -0.3 is 0 Å². The molecule has 0 aromatic carbocycles. The van der Waals surface area contributed by atoms with E-state index in [4.69, 9.17) is 0 Å². The highest BCUT2D eigenvalue weighted by molar-refractivity contribution is 4.88. The minimum Gasteiger partial charge on any atom is -0.261 e. The van der Waals surface area contributed by atoms with Gasteiger partial charge in [-0.25, -0.2) is 4.98 Å². The Morgan fingerprint density at radius 2 is 1.64 bits per heavy atom. The van der Waals surface area contributed by atoms with Gasteiger partial charge in [-0.3, -0.25) is 9.97 Å². The zero-order chi connectivity index (χ0) is 10.2. The van der Waals surface area contributed by atoms with Crippen LogP contribution in [0.1, 0.15) is 11.4 Å². The summed E-state index contributed by atoms with van der Waals surface area (Å²) in [4.78, 5) is 11.5. The average Bonchev–Trinajstić information content (AvgIpc) is 2.21. The van der Waals surface area contributed by atoms with Crippen LogP contribution < -0.4 is 0 Å².